The van der Waals surface area contributed by atoms with Crippen LogP contribution < -0.4 is 5.32 Å². The lowest BCUT2D eigenvalue weighted by Gasteiger charge is -2.17. The lowest BCUT2D eigenvalue weighted by molar-refractivity contribution is 0.0939. The van der Waals surface area contributed by atoms with Crippen LogP contribution in [0.5, 0.6) is 0 Å². The Labute approximate surface area is 136 Å². The van der Waals surface area contributed by atoms with Crippen LogP contribution >= 0.6 is 11.6 Å². The summed E-state index contributed by atoms with van der Waals surface area (Å²) < 4.78 is 26.6. The number of hydrogen-bond donors (Lipinski definition) is 1. The van der Waals surface area contributed by atoms with E-state index in [-0.39, 0.29) is 27.4 Å². The van der Waals surface area contributed by atoms with Crippen LogP contribution in [0.3, 0.4) is 0 Å². The third-order valence-electron chi connectivity index (χ3n) is 3.88. The van der Waals surface area contributed by atoms with E-state index in [0.29, 0.717) is 13.1 Å². The molecule has 0 aliphatic carbocycles. The zero-order chi connectivity index (χ0) is 16.3. The first-order chi connectivity index (χ1) is 10.4. The van der Waals surface area contributed by atoms with Crippen LogP contribution in [0.15, 0.2) is 23.1 Å². The number of carbonyl (C=O) groups is 1. The summed E-state index contributed by atoms with van der Waals surface area (Å²) in [5.74, 6) is -0.349. The van der Waals surface area contributed by atoms with Gasteiger partial charge >= 0.3 is 0 Å². The molecule has 2 rings (SSSR count). The summed E-state index contributed by atoms with van der Waals surface area (Å²) in [4.78, 5) is 12.3. The second-order valence-corrected chi connectivity index (χ2v) is 7.88. The van der Waals surface area contributed by atoms with Crippen LogP contribution in [-0.4, -0.2) is 37.8 Å². The molecule has 0 bridgehead atoms. The molecule has 1 atom stereocenters. The minimum absolute atomic E-state index is 0.00223. The van der Waals surface area contributed by atoms with Crippen molar-refractivity contribution in [2.24, 2.45) is 0 Å². The van der Waals surface area contributed by atoms with Crippen molar-refractivity contribution < 1.29 is 13.2 Å². The molecule has 0 aromatic heterocycles. The van der Waals surface area contributed by atoms with Gasteiger partial charge in [0.2, 0.25) is 10.0 Å². The van der Waals surface area contributed by atoms with E-state index in [4.69, 9.17) is 11.6 Å². The summed E-state index contributed by atoms with van der Waals surface area (Å²) in [6, 6.07) is 4.29. The number of carbonyl (C=O) groups excluding carboxylic acids is 1. The van der Waals surface area contributed by atoms with Crippen molar-refractivity contribution in [2.75, 3.05) is 13.1 Å². The van der Waals surface area contributed by atoms with Crippen molar-refractivity contribution in [1.82, 2.24) is 9.62 Å². The maximum Gasteiger partial charge on any atom is 0.253 e. The number of halogens is 1. The van der Waals surface area contributed by atoms with Crippen molar-refractivity contribution in [2.45, 2.75) is 44.0 Å². The molecule has 1 fully saturated rings. The van der Waals surface area contributed by atoms with Gasteiger partial charge < -0.3 is 5.32 Å². The van der Waals surface area contributed by atoms with Crippen molar-refractivity contribution in [3.8, 4) is 0 Å². The molecule has 122 valence electrons. The van der Waals surface area contributed by atoms with Crippen LogP contribution in [-0.2, 0) is 10.0 Å². The second-order valence-electron chi connectivity index (χ2n) is 5.54. The highest BCUT2D eigenvalue weighted by Crippen LogP contribution is 2.25. The maximum absolute atomic E-state index is 12.6. The molecule has 5 nitrogen and oxygen atoms in total. The zero-order valence-electron chi connectivity index (χ0n) is 12.8. The molecule has 0 unspecified atom stereocenters. The normalized spacial score (nSPS) is 17.4. The first-order valence-electron chi connectivity index (χ1n) is 7.47. The van der Waals surface area contributed by atoms with E-state index in [2.05, 4.69) is 5.32 Å². The van der Waals surface area contributed by atoms with Crippen molar-refractivity contribution in [3.63, 3.8) is 0 Å². The van der Waals surface area contributed by atoms with Gasteiger partial charge in [-0.2, -0.15) is 4.31 Å². The highest BCUT2D eigenvalue weighted by atomic mass is 35.5. The lowest BCUT2D eigenvalue weighted by Crippen LogP contribution is -2.32. The molecular weight excluding hydrogens is 324 g/mol. The molecule has 1 aromatic carbocycles. The van der Waals surface area contributed by atoms with Crippen LogP contribution in [0.1, 0.15) is 43.5 Å². The molecular formula is C15H21ClN2O3S. The van der Waals surface area contributed by atoms with Crippen molar-refractivity contribution in [1.29, 1.82) is 0 Å². The van der Waals surface area contributed by atoms with Gasteiger partial charge in [-0.15, -0.1) is 0 Å². The molecule has 0 radical (unpaired) electrons. The van der Waals surface area contributed by atoms with E-state index < -0.39 is 10.0 Å². The van der Waals surface area contributed by atoms with E-state index in [1.165, 1.54) is 22.5 Å². The Morgan fingerprint density at radius 2 is 2.00 bits per heavy atom. The Balaban J connectivity index is 2.32. The predicted octanol–water partition coefficient (Wildman–Crippen LogP) is 2.65. The van der Waals surface area contributed by atoms with Gasteiger partial charge in [-0.3, -0.25) is 4.79 Å². The average molecular weight is 345 g/mol. The molecule has 1 heterocycles. The van der Waals surface area contributed by atoms with Gasteiger partial charge in [0, 0.05) is 19.1 Å². The predicted molar refractivity (Wildman–Crippen MR) is 86.7 cm³/mol. The molecule has 1 saturated heterocycles. The Morgan fingerprint density at radius 1 is 1.36 bits per heavy atom. The van der Waals surface area contributed by atoms with Gasteiger partial charge in [0.15, 0.2) is 0 Å². The topological polar surface area (TPSA) is 66.5 Å². The summed E-state index contributed by atoms with van der Waals surface area (Å²) in [6.45, 7) is 4.90. The highest BCUT2D eigenvalue weighted by Gasteiger charge is 2.28. The summed E-state index contributed by atoms with van der Waals surface area (Å²) in [6.07, 6.45) is 2.53. The smallest absolute Gasteiger partial charge is 0.253 e. The Kier molecular flexibility index (Phi) is 5.47. The summed E-state index contributed by atoms with van der Waals surface area (Å²) >= 11 is 6.06. The average Bonchev–Trinajstić information content (AvgIpc) is 3.02. The zero-order valence-corrected chi connectivity index (χ0v) is 14.4. The van der Waals surface area contributed by atoms with Crippen molar-refractivity contribution >= 4 is 27.5 Å². The molecule has 0 saturated carbocycles. The fourth-order valence-electron chi connectivity index (χ4n) is 2.32. The number of rotatable bonds is 5. The minimum atomic E-state index is -3.55. The monoisotopic (exact) mass is 344 g/mol. The molecule has 7 heteroatoms. The minimum Gasteiger partial charge on any atom is -0.350 e. The van der Waals surface area contributed by atoms with E-state index >= 15 is 0 Å². The van der Waals surface area contributed by atoms with E-state index in [1.54, 1.807) is 0 Å². The van der Waals surface area contributed by atoms with Gasteiger partial charge in [0.05, 0.1) is 15.5 Å². The molecule has 1 N–H and O–H groups in total. The maximum atomic E-state index is 12.6. The van der Waals surface area contributed by atoms with Gasteiger partial charge in [0.25, 0.3) is 5.91 Å². The molecule has 1 aliphatic heterocycles. The van der Waals surface area contributed by atoms with E-state index in [1.807, 2.05) is 13.8 Å². The molecule has 1 amide bonds. The highest BCUT2D eigenvalue weighted by molar-refractivity contribution is 7.89. The summed E-state index contributed by atoms with van der Waals surface area (Å²) in [5, 5.41) is 3.05. The van der Waals surface area contributed by atoms with Gasteiger partial charge in [0.1, 0.15) is 0 Å². The summed E-state index contributed by atoms with van der Waals surface area (Å²) in [5.41, 5.74) is 0.197. The van der Waals surface area contributed by atoms with Crippen molar-refractivity contribution in [3.05, 3.63) is 28.8 Å². The van der Waals surface area contributed by atoms with Gasteiger partial charge in [-0.05, 0) is 44.4 Å². The Hall–Kier alpha value is -1.11. The summed E-state index contributed by atoms with van der Waals surface area (Å²) in [7, 11) is -3.55. The molecule has 22 heavy (non-hydrogen) atoms. The number of hydrogen-bond acceptors (Lipinski definition) is 3. The Bertz CT molecular complexity index is 655. The van der Waals surface area contributed by atoms with Crippen LogP contribution in [0.2, 0.25) is 5.02 Å². The Morgan fingerprint density at radius 3 is 2.59 bits per heavy atom. The van der Waals surface area contributed by atoms with Gasteiger partial charge in [-0.1, -0.05) is 18.5 Å². The molecule has 1 aromatic rings. The number of benzene rings is 1. The molecule has 0 spiro atoms. The lowest BCUT2D eigenvalue weighted by atomic mass is 10.2. The van der Waals surface area contributed by atoms with Crippen LogP contribution in [0.4, 0.5) is 0 Å². The number of sulfonamides is 1. The van der Waals surface area contributed by atoms with Gasteiger partial charge in [-0.25, -0.2) is 8.42 Å². The van der Waals surface area contributed by atoms with E-state index in [9.17, 15) is 13.2 Å². The standard InChI is InChI=1S/C15H21ClN2O3S/c1-3-11(2)17-15(19)13-10-12(6-7-14(13)16)22(20,21)18-8-4-5-9-18/h6-7,10-11H,3-5,8-9H2,1-2H3,(H,17,19)/t11-/m0/s1. The third-order valence-corrected chi connectivity index (χ3v) is 6.10. The second kappa shape index (κ2) is 6.98. The van der Waals surface area contributed by atoms with E-state index in [0.717, 1.165) is 19.3 Å². The number of nitrogens with one attached hydrogen (secondary N) is 1. The largest absolute Gasteiger partial charge is 0.350 e. The first kappa shape index (κ1) is 17.2. The fourth-order valence-corrected chi connectivity index (χ4v) is 4.07. The SMILES string of the molecule is CC[C@H](C)NC(=O)c1cc(S(=O)(=O)N2CCCC2)ccc1Cl. The number of nitrogens with zero attached hydrogens (tertiary/aromatic N) is 1. The molecule has 1 aliphatic rings. The van der Waals surface area contributed by atoms with Crippen LogP contribution in [0, 0.1) is 0 Å². The quantitative estimate of drug-likeness (QED) is 0.893. The first-order valence-corrected chi connectivity index (χ1v) is 9.28. The number of amides is 1. The third kappa shape index (κ3) is 3.62. The fraction of sp³-hybridized carbons (Fsp3) is 0.533. The van der Waals surface area contributed by atoms with Crippen LogP contribution in [0.25, 0.3) is 0 Å².